The van der Waals surface area contributed by atoms with Gasteiger partial charge in [0.2, 0.25) is 5.90 Å². The van der Waals surface area contributed by atoms with E-state index in [2.05, 4.69) is 15.3 Å². The van der Waals surface area contributed by atoms with Gasteiger partial charge in [-0.3, -0.25) is 4.79 Å². The lowest BCUT2D eigenvalue weighted by molar-refractivity contribution is -0.129. The van der Waals surface area contributed by atoms with E-state index in [1.165, 1.54) is 0 Å². The number of carbonyl (C=O) groups is 1. The van der Waals surface area contributed by atoms with Crippen molar-refractivity contribution < 1.29 is 28.8 Å². The van der Waals surface area contributed by atoms with Crippen LogP contribution >= 0.6 is 0 Å². The fourth-order valence-corrected chi connectivity index (χ4v) is 5.51. The van der Waals surface area contributed by atoms with Crippen LogP contribution in [0.1, 0.15) is 40.3 Å². The summed E-state index contributed by atoms with van der Waals surface area (Å²) >= 11 is 0. The van der Waals surface area contributed by atoms with Gasteiger partial charge in [0, 0.05) is 42.5 Å². The highest BCUT2D eigenvalue weighted by Gasteiger charge is 2.53. The normalized spacial score (nSPS) is 16.7. The molecule has 0 fully saturated rings. The lowest BCUT2D eigenvalue weighted by Gasteiger charge is -2.32. The fraction of sp³-hybridized carbons (Fsp3) is 0.278. The monoisotopic (exact) mass is 635 g/mol. The Hall–Kier alpha value is -5.51. The second kappa shape index (κ2) is 15.7. The van der Waals surface area contributed by atoms with Crippen LogP contribution in [0.2, 0.25) is 0 Å². The molecule has 0 spiro atoms. The summed E-state index contributed by atoms with van der Waals surface area (Å²) in [6.07, 6.45) is -0.107. The van der Waals surface area contributed by atoms with Crippen molar-refractivity contribution in [3.8, 4) is 17.2 Å². The molecule has 2 atom stereocenters. The number of methoxy groups -OCH3 is 2. The fourth-order valence-electron chi connectivity index (χ4n) is 5.51. The molecule has 0 saturated heterocycles. The summed E-state index contributed by atoms with van der Waals surface area (Å²) in [5, 5.41) is 16.0. The Morgan fingerprint density at radius 2 is 1.66 bits per heavy atom. The average Bonchev–Trinajstić information content (AvgIpc) is 3.50. The highest BCUT2D eigenvalue weighted by molar-refractivity contribution is 6.01. The largest absolute Gasteiger partial charge is 0.497 e. The predicted molar refractivity (Wildman–Crippen MR) is 178 cm³/mol. The Balaban J connectivity index is 1.59. The number of hydrogen-bond acceptors (Lipinski definition) is 8. The first-order chi connectivity index (χ1) is 23.0. The van der Waals surface area contributed by atoms with E-state index in [1.54, 1.807) is 32.4 Å². The van der Waals surface area contributed by atoms with Gasteiger partial charge in [-0.15, -0.1) is 0 Å². The molecule has 5 rings (SSSR count). The molecule has 1 heterocycles. The Morgan fingerprint density at radius 3 is 2.34 bits per heavy atom. The summed E-state index contributed by atoms with van der Waals surface area (Å²) in [7, 11) is 3.15. The average molecular weight is 636 g/mol. The second-order valence-electron chi connectivity index (χ2n) is 10.9. The number of aliphatic imine (C=N–C) groups is 1. The number of azide groups is 1. The summed E-state index contributed by atoms with van der Waals surface area (Å²) in [5.41, 5.74) is 11.4. The van der Waals surface area contributed by atoms with Crippen LogP contribution in [0.4, 0.5) is 0 Å². The molecule has 0 aliphatic carbocycles. The zero-order valence-corrected chi connectivity index (χ0v) is 26.3. The van der Waals surface area contributed by atoms with Gasteiger partial charge < -0.3 is 29.4 Å². The molecule has 242 valence electrons. The van der Waals surface area contributed by atoms with Crippen molar-refractivity contribution in [2.45, 2.75) is 37.6 Å². The first kappa shape index (κ1) is 32.9. The third kappa shape index (κ3) is 7.84. The molecule has 0 unspecified atom stereocenters. The Labute approximate surface area is 273 Å². The van der Waals surface area contributed by atoms with Crippen molar-refractivity contribution in [3.63, 3.8) is 0 Å². The molecule has 1 aliphatic rings. The zero-order chi connectivity index (χ0) is 33.1. The lowest BCUT2D eigenvalue weighted by Crippen LogP contribution is -2.49. The first-order valence-electron chi connectivity index (χ1n) is 15.2. The van der Waals surface area contributed by atoms with E-state index in [0.29, 0.717) is 47.3 Å². The minimum absolute atomic E-state index is 0.0438. The topological polar surface area (TPSA) is 147 Å². The molecule has 47 heavy (non-hydrogen) atoms. The predicted octanol–water partition coefficient (Wildman–Crippen LogP) is 6.09. The highest BCUT2D eigenvalue weighted by Crippen LogP contribution is 2.44. The molecule has 0 aromatic heterocycles. The standard InChI is InChI=1S/C36H37N5O6/c1-44-30-19-26(20-31(21-30)45-2)23-38-35(43)36(22-25-9-4-3-5-10-25)33(32-12-7-6-11-28(32)24-39-41-37)47-34(40-36)27-13-15-29(16-14-27)46-18-8-17-42/h3-7,9-16,19-21,33,42H,8,17-18,22-24H2,1-2H3,(H,38,43)/t33-,36-/m1/s1. The van der Waals surface area contributed by atoms with Crippen LogP contribution in [0.15, 0.2) is 107 Å². The van der Waals surface area contributed by atoms with Crippen LogP contribution in [0.25, 0.3) is 10.4 Å². The summed E-state index contributed by atoms with van der Waals surface area (Å²) < 4.78 is 23.2. The molecule has 11 nitrogen and oxygen atoms in total. The Morgan fingerprint density at radius 1 is 0.957 bits per heavy atom. The Kier molecular flexibility index (Phi) is 11.0. The zero-order valence-electron chi connectivity index (χ0n) is 26.3. The van der Waals surface area contributed by atoms with Crippen molar-refractivity contribution in [2.24, 2.45) is 10.1 Å². The van der Waals surface area contributed by atoms with E-state index in [-0.39, 0.29) is 32.0 Å². The van der Waals surface area contributed by atoms with Crippen molar-refractivity contribution in [1.82, 2.24) is 5.32 Å². The van der Waals surface area contributed by atoms with Gasteiger partial charge >= 0.3 is 0 Å². The van der Waals surface area contributed by atoms with Gasteiger partial charge in [-0.05, 0) is 64.2 Å². The van der Waals surface area contributed by atoms with Crippen LogP contribution in [-0.2, 0) is 29.0 Å². The third-order valence-electron chi connectivity index (χ3n) is 7.85. The van der Waals surface area contributed by atoms with Gasteiger partial charge in [-0.2, -0.15) is 0 Å². The summed E-state index contributed by atoms with van der Waals surface area (Å²) in [6, 6.07) is 29.8. The summed E-state index contributed by atoms with van der Waals surface area (Å²) in [5.74, 6) is 1.80. The van der Waals surface area contributed by atoms with Gasteiger partial charge in [0.15, 0.2) is 11.6 Å². The maximum atomic E-state index is 14.7. The molecular formula is C36H37N5O6. The van der Waals surface area contributed by atoms with E-state index in [0.717, 1.165) is 16.7 Å². The Bertz CT molecular complexity index is 1720. The lowest BCUT2D eigenvalue weighted by atomic mass is 9.80. The van der Waals surface area contributed by atoms with Crippen LogP contribution < -0.4 is 19.5 Å². The molecule has 0 bridgehead atoms. The van der Waals surface area contributed by atoms with Crippen LogP contribution in [-0.4, -0.2) is 49.9 Å². The van der Waals surface area contributed by atoms with E-state index < -0.39 is 11.6 Å². The highest BCUT2D eigenvalue weighted by atomic mass is 16.5. The van der Waals surface area contributed by atoms with Crippen molar-refractivity contribution >= 4 is 11.8 Å². The van der Waals surface area contributed by atoms with Crippen molar-refractivity contribution in [3.05, 3.63) is 135 Å². The molecule has 1 amide bonds. The van der Waals surface area contributed by atoms with E-state index in [4.69, 9.17) is 34.6 Å². The van der Waals surface area contributed by atoms with E-state index in [1.807, 2.05) is 78.9 Å². The SMILES string of the molecule is COc1cc(CNC(=O)[C@]2(Cc3ccccc3)N=C(c3ccc(OCCCO)cc3)O[C@@H]2c2ccccc2CN=[N+]=[N-])cc(OC)c1. The maximum Gasteiger partial charge on any atom is 0.252 e. The molecule has 0 radical (unpaired) electrons. The van der Waals surface area contributed by atoms with Crippen molar-refractivity contribution in [1.29, 1.82) is 0 Å². The third-order valence-corrected chi connectivity index (χ3v) is 7.85. The number of benzene rings is 4. The minimum atomic E-state index is -1.44. The summed E-state index contributed by atoms with van der Waals surface area (Å²) in [4.78, 5) is 22.7. The second-order valence-corrected chi connectivity index (χ2v) is 10.9. The number of ether oxygens (including phenoxy) is 4. The molecule has 11 heteroatoms. The molecule has 2 N–H and O–H groups in total. The number of aliphatic hydroxyl groups excluding tert-OH is 1. The number of aliphatic hydroxyl groups is 1. The number of nitrogens with one attached hydrogen (secondary N) is 1. The quantitative estimate of drug-likeness (QED) is 0.0699. The number of rotatable bonds is 15. The van der Waals surface area contributed by atoms with E-state index in [9.17, 15) is 4.79 Å². The van der Waals surface area contributed by atoms with Gasteiger partial charge in [0.25, 0.3) is 5.91 Å². The van der Waals surface area contributed by atoms with Gasteiger partial charge in [0.05, 0.1) is 27.4 Å². The summed E-state index contributed by atoms with van der Waals surface area (Å²) in [6.45, 7) is 0.689. The number of carbonyl (C=O) groups excluding carboxylic acids is 1. The molecule has 1 aliphatic heterocycles. The molecular weight excluding hydrogens is 598 g/mol. The minimum Gasteiger partial charge on any atom is -0.497 e. The number of hydrogen-bond donors (Lipinski definition) is 2. The molecule has 4 aromatic carbocycles. The number of amides is 1. The smallest absolute Gasteiger partial charge is 0.252 e. The van der Waals surface area contributed by atoms with Gasteiger partial charge in [0.1, 0.15) is 17.2 Å². The molecule has 0 saturated carbocycles. The van der Waals surface area contributed by atoms with Crippen LogP contribution in [0.3, 0.4) is 0 Å². The van der Waals surface area contributed by atoms with Crippen molar-refractivity contribution in [2.75, 3.05) is 27.4 Å². The van der Waals surface area contributed by atoms with Crippen LogP contribution in [0, 0.1) is 0 Å². The van der Waals surface area contributed by atoms with Gasteiger partial charge in [-0.25, -0.2) is 4.99 Å². The van der Waals surface area contributed by atoms with Gasteiger partial charge in [-0.1, -0.05) is 59.7 Å². The van der Waals surface area contributed by atoms with Crippen LogP contribution in [0.5, 0.6) is 17.2 Å². The molecule has 4 aromatic rings. The number of nitrogens with zero attached hydrogens (tertiary/aromatic N) is 4. The first-order valence-corrected chi connectivity index (χ1v) is 15.2. The van der Waals surface area contributed by atoms with E-state index >= 15 is 0 Å². The maximum absolute atomic E-state index is 14.7.